The predicted molar refractivity (Wildman–Crippen MR) is 94.3 cm³/mol. The van der Waals surface area contributed by atoms with E-state index in [0.717, 1.165) is 28.9 Å². The Morgan fingerprint density at radius 1 is 1.29 bits per heavy atom. The van der Waals surface area contributed by atoms with Crippen molar-refractivity contribution < 1.29 is 4.42 Å². The lowest BCUT2D eigenvalue weighted by Crippen LogP contribution is -2.02. The summed E-state index contributed by atoms with van der Waals surface area (Å²) in [4.78, 5) is 11.9. The molecular weight excluding hydrogens is 322 g/mol. The van der Waals surface area contributed by atoms with Crippen LogP contribution in [0.25, 0.3) is 11.0 Å². The molecule has 0 amide bonds. The van der Waals surface area contributed by atoms with Crippen LogP contribution in [0.4, 0.5) is 0 Å². The lowest BCUT2D eigenvalue weighted by molar-refractivity contribution is 0.559. The summed E-state index contributed by atoms with van der Waals surface area (Å²) in [7, 11) is 0. The van der Waals surface area contributed by atoms with Gasteiger partial charge < -0.3 is 8.98 Å². The highest BCUT2D eigenvalue weighted by atomic mass is 32.2. The normalized spacial score (nSPS) is 13.3. The van der Waals surface area contributed by atoms with Gasteiger partial charge in [0.05, 0.1) is 0 Å². The van der Waals surface area contributed by atoms with Crippen LogP contribution in [0.2, 0.25) is 0 Å². The van der Waals surface area contributed by atoms with Crippen molar-refractivity contribution in [2.24, 2.45) is 0 Å². The maximum Gasteiger partial charge on any atom is 0.336 e. The number of hydrogen-bond acceptors (Lipinski definition) is 5. The number of hydrogen-bond donors (Lipinski definition) is 0. The highest BCUT2D eigenvalue weighted by Gasteiger charge is 2.15. The fourth-order valence-electron chi connectivity index (χ4n) is 3.18. The smallest absolute Gasteiger partial charge is 0.336 e. The van der Waals surface area contributed by atoms with E-state index in [9.17, 15) is 4.79 Å². The van der Waals surface area contributed by atoms with Gasteiger partial charge in [-0.3, -0.25) is 0 Å². The van der Waals surface area contributed by atoms with E-state index in [1.165, 1.54) is 17.5 Å². The lowest BCUT2D eigenvalue weighted by Gasteiger charge is -2.08. The van der Waals surface area contributed by atoms with Gasteiger partial charge in [-0.2, -0.15) is 0 Å². The molecule has 24 heavy (non-hydrogen) atoms. The molecule has 0 bridgehead atoms. The van der Waals surface area contributed by atoms with Gasteiger partial charge >= 0.3 is 5.63 Å². The number of benzene rings is 1. The van der Waals surface area contributed by atoms with Crippen LogP contribution in [0, 0.1) is 0 Å². The summed E-state index contributed by atoms with van der Waals surface area (Å²) in [5.41, 5.74) is 4.04. The monoisotopic (exact) mass is 339 g/mol. The first kappa shape index (κ1) is 15.2. The molecule has 3 aromatic rings. The molecule has 0 radical (unpaired) electrons. The minimum atomic E-state index is -0.302. The Hall–Kier alpha value is -2.34. The largest absolute Gasteiger partial charge is 0.423 e. The number of fused-ring (bicyclic) bond motifs is 2. The van der Waals surface area contributed by atoms with E-state index in [0.29, 0.717) is 17.9 Å². The van der Waals surface area contributed by atoms with Gasteiger partial charge in [0, 0.05) is 23.8 Å². The van der Waals surface area contributed by atoms with E-state index >= 15 is 0 Å². The fourth-order valence-corrected chi connectivity index (χ4v) is 4.09. The van der Waals surface area contributed by atoms with E-state index in [1.807, 2.05) is 16.7 Å². The zero-order valence-corrected chi connectivity index (χ0v) is 14.0. The third-order valence-corrected chi connectivity index (χ3v) is 5.33. The van der Waals surface area contributed by atoms with Gasteiger partial charge in [-0.1, -0.05) is 17.8 Å². The van der Waals surface area contributed by atoms with Crippen molar-refractivity contribution in [3.63, 3.8) is 0 Å². The first-order valence-electron chi connectivity index (χ1n) is 7.94. The predicted octanol–water partition coefficient (Wildman–Crippen LogP) is 3.35. The zero-order chi connectivity index (χ0) is 16.5. The van der Waals surface area contributed by atoms with Crippen LogP contribution in [-0.2, 0) is 25.1 Å². The Bertz CT molecular complexity index is 974. The molecule has 0 N–H and O–H groups in total. The Morgan fingerprint density at radius 2 is 2.12 bits per heavy atom. The Labute approximate surface area is 143 Å². The second-order valence-electron chi connectivity index (χ2n) is 5.90. The van der Waals surface area contributed by atoms with E-state index in [4.69, 9.17) is 4.42 Å². The first-order chi connectivity index (χ1) is 11.7. The Kier molecular flexibility index (Phi) is 3.98. The molecule has 2 heterocycles. The van der Waals surface area contributed by atoms with E-state index in [1.54, 1.807) is 24.2 Å². The van der Waals surface area contributed by atoms with E-state index < -0.39 is 0 Å². The third-order valence-electron chi connectivity index (χ3n) is 4.31. The number of nitrogens with zero attached hydrogens (tertiary/aromatic N) is 3. The van der Waals surface area contributed by atoms with Gasteiger partial charge in [0.2, 0.25) is 0 Å². The number of rotatable bonds is 5. The van der Waals surface area contributed by atoms with Crippen molar-refractivity contribution in [2.75, 3.05) is 0 Å². The molecular formula is C18H17N3O2S. The summed E-state index contributed by atoms with van der Waals surface area (Å²) < 4.78 is 7.35. The highest BCUT2D eigenvalue weighted by molar-refractivity contribution is 7.98. The molecule has 4 rings (SSSR count). The highest BCUT2D eigenvalue weighted by Crippen LogP contribution is 2.31. The van der Waals surface area contributed by atoms with Crippen molar-refractivity contribution >= 4 is 22.7 Å². The summed E-state index contributed by atoms with van der Waals surface area (Å²) in [6, 6.07) is 5.81. The molecule has 0 saturated heterocycles. The minimum Gasteiger partial charge on any atom is -0.423 e. The first-order valence-corrected chi connectivity index (χ1v) is 8.93. The molecule has 0 unspecified atom stereocenters. The molecule has 122 valence electrons. The van der Waals surface area contributed by atoms with Crippen molar-refractivity contribution in [2.45, 2.75) is 36.7 Å². The third kappa shape index (κ3) is 2.78. The maximum absolute atomic E-state index is 11.9. The minimum absolute atomic E-state index is 0.302. The maximum atomic E-state index is 11.9. The van der Waals surface area contributed by atoms with Gasteiger partial charge in [0.25, 0.3) is 0 Å². The molecule has 6 heteroatoms. The van der Waals surface area contributed by atoms with Crippen LogP contribution >= 0.6 is 11.8 Å². The van der Waals surface area contributed by atoms with Gasteiger partial charge in [-0.05, 0) is 48.1 Å². The summed E-state index contributed by atoms with van der Waals surface area (Å²) in [6.45, 7) is 4.41. The van der Waals surface area contributed by atoms with Crippen LogP contribution in [0.1, 0.15) is 23.1 Å². The molecule has 2 aromatic heterocycles. The van der Waals surface area contributed by atoms with Crippen molar-refractivity contribution in [1.29, 1.82) is 0 Å². The molecule has 0 saturated carbocycles. The zero-order valence-electron chi connectivity index (χ0n) is 13.2. The summed E-state index contributed by atoms with van der Waals surface area (Å²) in [5, 5.41) is 9.92. The van der Waals surface area contributed by atoms with Crippen LogP contribution < -0.4 is 5.63 Å². The molecule has 1 aromatic carbocycles. The molecule has 0 spiro atoms. The Morgan fingerprint density at radius 3 is 2.96 bits per heavy atom. The van der Waals surface area contributed by atoms with Gasteiger partial charge in [-0.15, -0.1) is 16.8 Å². The average molecular weight is 339 g/mol. The SMILES string of the molecule is C=CCn1cnnc1SCc1cc(=O)oc2cc3c(cc12)CCC3. The van der Waals surface area contributed by atoms with Crippen molar-refractivity contribution in [1.82, 2.24) is 14.8 Å². The molecule has 0 atom stereocenters. The van der Waals surface area contributed by atoms with Gasteiger partial charge in [-0.25, -0.2) is 4.79 Å². The topological polar surface area (TPSA) is 60.9 Å². The van der Waals surface area contributed by atoms with E-state index in [-0.39, 0.29) is 5.63 Å². The van der Waals surface area contributed by atoms with Crippen molar-refractivity contribution in [3.05, 3.63) is 64.3 Å². The average Bonchev–Trinajstić information content (AvgIpc) is 3.19. The molecule has 1 aliphatic rings. The molecule has 5 nitrogen and oxygen atoms in total. The quantitative estimate of drug-likeness (QED) is 0.405. The van der Waals surface area contributed by atoms with E-state index in [2.05, 4.69) is 22.8 Å². The van der Waals surface area contributed by atoms with Crippen LogP contribution in [0.15, 0.2) is 51.5 Å². The van der Waals surface area contributed by atoms with Crippen LogP contribution in [0.3, 0.4) is 0 Å². The number of aryl methyl sites for hydroxylation is 2. The lowest BCUT2D eigenvalue weighted by atomic mass is 10.0. The standard InChI is InChI=1S/C18H17N3O2S/c1-2-6-21-11-19-20-18(21)24-10-14-9-17(22)23-16-8-13-5-3-4-12(13)7-15(14)16/h2,7-9,11H,1,3-6,10H2. The van der Waals surface area contributed by atoms with Crippen molar-refractivity contribution in [3.8, 4) is 0 Å². The van der Waals surface area contributed by atoms with Gasteiger partial charge in [0.1, 0.15) is 11.9 Å². The summed E-state index contributed by atoms with van der Waals surface area (Å²) in [5.74, 6) is 0.650. The fraction of sp³-hybridized carbons (Fsp3) is 0.278. The summed E-state index contributed by atoms with van der Waals surface area (Å²) >= 11 is 1.56. The van der Waals surface area contributed by atoms with Crippen LogP contribution in [0.5, 0.6) is 0 Å². The molecule has 1 aliphatic carbocycles. The number of aromatic nitrogens is 3. The molecule has 0 aliphatic heterocycles. The summed E-state index contributed by atoms with van der Waals surface area (Å²) in [6.07, 6.45) is 6.84. The Balaban J connectivity index is 1.69. The second-order valence-corrected chi connectivity index (χ2v) is 6.85. The number of allylic oxidation sites excluding steroid dienone is 1. The van der Waals surface area contributed by atoms with Crippen LogP contribution in [-0.4, -0.2) is 14.8 Å². The van der Waals surface area contributed by atoms with Gasteiger partial charge in [0.15, 0.2) is 5.16 Å². The molecule has 0 fully saturated rings. The second kappa shape index (κ2) is 6.28. The number of thioether (sulfide) groups is 1.